The van der Waals surface area contributed by atoms with Crippen LogP contribution in [0.3, 0.4) is 0 Å². The number of hydrogen-bond acceptors (Lipinski definition) is 3. The fourth-order valence-corrected chi connectivity index (χ4v) is 4.66. The minimum atomic E-state index is -0.932. The van der Waals surface area contributed by atoms with Crippen LogP contribution in [-0.4, -0.2) is 11.8 Å². The van der Waals surface area contributed by atoms with Crippen molar-refractivity contribution in [3.05, 3.63) is 83.4 Å². The summed E-state index contributed by atoms with van der Waals surface area (Å²) in [5.41, 5.74) is 1.49. The van der Waals surface area contributed by atoms with Gasteiger partial charge in [0.05, 0.1) is 5.56 Å². The number of rotatable bonds is 7. The van der Waals surface area contributed by atoms with Gasteiger partial charge < -0.3 is 9.53 Å². The summed E-state index contributed by atoms with van der Waals surface area (Å²) in [6.45, 7) is 3.76. The van der Waals surface area contributed by atoms with Crippen LogP contribution in [0.5, 0.6) is 0 Å². The highest BCUT2D eigenvalue weighted by molar-refractivity contribution is 5.96. The quantitative estimate of drug-likeness (QED) is 0.465. The molecule has 4 rings (SSSR count). The van der Waals surface area contributed by atoms with Crippen molar-refractivity contribution in [1.82, 2.24) is 0 Å². The first kappa shape index (κ1) is 19.4. The number of benzene rings is 3. The summed E-state index contributed by atoms with van der Waals surface area (Å²) in [4.78, 5) is 25.1. The standard InChI is InChI=1S/C26H26O3/c1-3-4-11-21(16-18(2)27)26(24-13-8-7-12-23(24)25(28)29-26)22-15-14-19-9-5-6-10-20(19)17-22/h5-10,12-15,17,21H,3-4,11,16H2,1-2H3/t21-,26-/m1/s1. The zero-order valence-corrected chi connectivity index (χ0v) is 17.0. The second-order valence-corrected chi connectivity index (χ2v) is 7.98. The molecule has 0 aromatic heterocycles. The van der Waals surface area contributed by atoms with E-state index in [0.29, 0.717) is 12.0 Å². The summed E-state index contributed by atoms with van der Waals surface area (Å²) in [5.74, 6) is -0.292. The van der Waals surface area contributed by atoms with Gasteiger partial charge in [0.25, 0.3) is 0 Å². The normalized spacial score (nSPS) is 19.0. The molecule has 0 unspecified atom stereocenters. The average Bonchev–Trinajstić information content (AvgIpc) is 3.04. The maximum absolute atomic E-state index is 12.9. The first-order chi connectivity index (χ1) is 14.1. The van der Waals surface area contributed by atoms with E-state index in [1.54, 1.807) is 6.92 Å². The molecule has 0 N–H and O–H groups in total. The molecule has 2 atom stereocenters. The molecule has 29 heavy (non-hydrogen) atoms. The number of ketones is 1. The highest BCUT2D eigenvalue weighted by Gasteiger charge is 2.52. The summed E-state index contributed by atoms with van der Waals surface area (Å²) < 4.78 is 6.22. The highest BCUT2D eigenvalue weighted by atomic mass is 16.6. The van der Waals surface area contributed by atoms with Gasteiger partial charge in [-0.1, -0.05) is 74.4 Å². The largest absolute Gasteiger partial charge is 0.445 e. The van der Waals surface area contributed by atoms with E-state index in [9.17, 15) is 9.59 Å². The summed E-state index contributed by atoms with van der Waals surface area (Å²) in [6, 6.07) is 22.0. The summed E-state index contributed by atoms with van der Waals surface area (Å²) >= 11 is 0. The predicted molar refractivity (Wildman–Crippen MR) is 115 cm³/mol. The Morgan fingerprint density at radius 3 is 2.48 bits per heavy atom. The van der Waals surface area contributed by atoms with Gasteiger partial charge in [0, 0.05) is 23.5 Å². The highest BCUT2D eigenvalue weighted by Crippen LogP contribution is 2.50. The Kier molecular flexibility index (Phi) is 5.23. The lowest BCUT2D eigenvalue weighted by molar-refractivity contribution is -0.120. The average molecular weight is 386 g/mol. The van der Waals surface area contributed by atoms with Gasteiger partial charge in [-0.2, -0.15) is 0 Å². The molecule has 3 heteroatoms. The van der Waals surface area contributed by atoms with E-state index in [4.69, 9.17) is 4.74 Å². The molecule has 1 heterocycles. The number of carbonyl (C=O) groups is 2. The van der Waals surface area contributed by atoms with E-state index < -0.39 is 5.60 Å². The van der Waals surface area contributed by atoms with Crippen LogP contribution in [0.25, 0.3) is 10.8 Å². The molecule has 3 aromatic carbocycles. The molecule has 148 valence electrons. The molecule has 0 saturated carbocycles. The van der Waals surface area contributed by atoms with Gasteiger partial charge in [-0.05, 0) is 36.2 Å². The summed E-state index contributed by atoms with van der Waals surface area (Å²) in [6.07, 6.45) is 3.21. The molecular formula is C26H26O3. The lowest BCUT2D eigenvalue weighted by Gasteiger charge is -2.37. The third-order valence-corrected chi connectivity index (χ3v) is 5.99. The lowest BCUT2D eigenvalue weighted by Crippen LogP contribution is -2.38. The van der Waals surface area contributed by atoms with Crippen LogP contribution in [0.4, 0.5) is 0 Å². The number of ether oxygens (including phenoxy) is 1. The molecule has 0 saturated heterocycles. The van der Waals surface area contributed by atoms with E-state index in [1.807, 2.05) is 36.4 Å². The number of carbonyl (C=O) groups excluding carboxylic acids is 2. The number of unbranched alkanes of at least 4 members (excludes halogenated alkanes) is 1. The molecule has 0 spiro atoms. The van der Waals surface area contributed by atoms with Gasteiger partial charge >= 0.3 is 5.97 Å². The van der Waals surface area contributed by atoms with Crippen LogP contribution >= 0.6 is 0 Å². The van der Waals surface area contributed by atoms with Gasteiger partial charge in [-0.25, -0.2) is 4.79 Å². The monoisotopic (exact) mass is 386 g/mol. The predicted octanol–water partition coefficient (Wildman–Crippen LogP) is 6.04. The Morgan fingerprint density at radius 1 is 1.00 bits per heavy atom. The first-order valence-corrected chi connectivity index (χ1v) is 10.4. The molecule has 1 aliphatic rings. The second-order valence-electron chi connectivity index (χ2n) is 7.98. The number of cyclic esters (lactones) is 1. The number of esters is 1. The SMILES string of the molecule is CCCC[C@H](CC(C)=O)[C@]1(c2ccc3ccccc3c2)OC(=O)c2ccccc21. The van der Waals surface area contributed by atoms with Crippen molar-refractivity contribution in [2.45, 2.75) is 45.1 Å². The van der Waals surface area contributed by atoms with Crippen LogP contribution in [0.2, 0.25) is 0 Å². The molecule has 0 aliphatic carbocycles. The van der Waals surface area contributed by atoms with Gasteiger partial charge in [-0.3, -0.25) is 0 Å². The maximum Gasteiger partial charge on any atom is 0.339 e. The van der Waals surface area contributed by atoms with E-state index in [2.05, 4.69) is 37.3 Å². The second kappa shape index (κ2) is 7.82. The Bertz CT molecular complexity index is 1070. The maximum atomic E-state index is 12.9. The van der Waals surface area contributed by atoms with Crippen LogP contribution in [0, 0.1) is 5.92 Å². The van der Waals surface area contributed by atoms with Crippen molar-refractivity contribution >= 4 is 22.5 Å². The molecule has 0 radical (unpaired) electrons. The van der Waals surface area contributed by atoms with Gasteiger partial charge in [0.1, 0.15) is 5.78 Å². The number of fused-ring (bicyclic) bond motifs is 2. The molecule has 0 fully saturated rings. The van der Waals surface area contributed by atoms with Gasteiger partial charge in [0.15, 0.2) is 5.60 Å². The van der Waals surface area contributed by atoms with Crippen LogP contribution < -0.4 is 0 Å². The van der Waals surface area contributed by atoms with Crippen molar-refractivity contribution in [2.24, 2.45) is 5.92 Å². The van der Waals surface area contributed by atoms with E-state index in [-0.39, 0.29) is 17.7 Å². The molecular weight excluding hydrogens is 360 g/mol. The summed E-state index contributed by atoms with van der Waals surface area (Å²) in [5, 5.41) is 2.24. The Balaban J connectivity index is 1.96. The zero-order valence-electron chi connectivity index (χ0n) is 17.0. The van der Waals surface area contributed by atoms with E-state index >= 15 is 0 Å². The van der Waals surface area contributed by atoms with Crippen molar-refractivity contribution in [3.8, 4) is 0 Å². The minimum absolute atomic E-state index is 0.103. The van der Waals surface area contributed by atoms with Crippen molar-refractivity contribution < 1.29 is 14.3 Å². The molecule has 0 bridgehead atoms. The van der Waals surface area contributed by atoms with Gasteiger partial charge in [-0.15, -0.1) is 0 Å². The smallest absolute Gasteiger partial charge is 0.339 e. The number of Topliss-reactive ketones (excluding diaryl/α,β-unsaturated/α-hetero) is 1. The van der Waals surface area contributed by atoms with Crippen LogP contribution in [-0.2, 0) is 15.1 Å². The van der Waals surface area contributed by atoms with Crippen molar-refractivity contribution in [1.29, 1.82) is 0 Å². The lowest BCUT2D eigenvalue weighted by atomic mass is 9.71. The third kappa shape index (κ3) is 3.35. The Hall–Kier alpha value is -2.94. The van der Waals surface area contributed by atoms with Crippen molar-refractivity contribution in [2.75, 3.05) is 0 Å². The van der Waals surface area contributed by atoms with E-state index in [1.165, 1.54) is 0 Å². The fraction of sp³-hybridized carbons (Fsp3) is 0.308. The number of hydrogen-bond donors (Lipinski definition) is 0. The molecule has 3 aromatic rings. The molecule has 1 aliphatic heterocycles. The van der Waals surface area contributed by atoms with E-state index in [0.717, 1.165) is 41.2 Å². The van der Waals surface area contributed by atoms with Crippen LogP contribution in [0.1, 0.15) is 61.0 Å². The zero-order chi connectivity index (χ0) is 20.4. The fourth-order valence-electron chi connectivity index (χ4n) is 4.66. The molecule has 0 amide bonds. The third-order valence-electron chi connectivity index (χ3n) is 5.99. The topological polar surface area (TPSA) is 43.4 Å². The van der Waals surface area contributed by atoms with Crippen molar-refractivity contribution in [3.63, 3.8) is 0 Å². The first-order valence-electron chi connectivity index (χ1n) is 10.4. The van der Waals surface area contributed by atoms with Crippen LogP contribution in [0.15, 0.2) is 66.7 Å². The Morgan fingerprint density at radius 2 is 1.72 bits per heavy atom. The minimum Gasteiger partial charge on any atom is -0.445 e. The van der Waals surface area contributed by atoms with Gasteiger partial charge in [0.2, 0.25) is 0 Å². The summed E-state index contributed by atoms with van der Waals surface area (Å²) in [7, 11) is 0. The Labute approximate surface area is 171 Å². The molecule has 3 nitrogen and oxygen atoms in total.